The first-order valence-electron chi connectivity index (χ1n) is 15.4. The van der Waals surface area contributed by atoms with Gasteiger partial charge in [0.1, 0.15) is 11.4 Å². The highest BCUT2D eigenvalue weighted by atomic mass is 35.5. The molecule has 0 spiro atoms. The van der Waals surface area contributed by atoms with Gasteiger partial charge in [-0.1, -0.05) is 93.4 Å². The van der Waals surface area contributed by atoms with E-state index in [2.05, 4.69) is 15.4 Å². The van der Waals surface area contributed by atoms with Crippen molar-refractivity contribution in [3.63, 3.8) is 0 Å². The molecule has 3 amide bonds. The molecule has 0 aromatic heterocycles. The van der Waals surface area contributed by atoms with Crippen LogP contribution >= 0.6 is 35.1 Å². The van der Waals surface area contributed by atoms with Crippen molar-refractivity contribution in [3.05, 3.63) is 69.7 Å². The average Bonchev–Trinajstić information content (AvgIpc) is 3.41. The lowest BCUT2D eigenvalue weighted by Gasteiger charge is -2.35. The van der Waals surface area contributed by atoms with Gasteiger partial charge in [0, 0.05) is 27.9 Å². The second-order valence-corrected chi connectivity index (χ2v) is 14.3. The van der Waals surface area contributed by atoms with E-state index in [0.717, 1.165) is 48.8 Å². The fraction of sp³-hybridized carbons (Fsp3) is 0.545. The summed E-state index contributed by atoms with van der Waals surface area (Å²) in [6.07, 6.45) is 5.72. The first-order valence-corrected chi connectivity index (χ1v) is 17.0. The highest BCUT2D eigenvalue weighted by Gasteiger charge is 2.37. The average molecular weight is 665 g/mol. The molecule has 2 fully saturated rings. The number of benzene rings is 2. The topological polar surface area (TPSA) is 117 Å². The summed E-state index contributed by atoms with van der Waals surface area (Å²) in [6.45, 7) is 4.28. The van der Waals surface area contributed by atoms with Crippen LogP contribution in [0.25, 0.3) is 0 Å². The predicted octanol–water partition coefficient (Wildman–Crippen LogP) is 6.73. The van der Waals surface area contributed by atoms with Gasteiger partial charge >= 0.3 is 6.09 Å². The quantitative estimate of drug-likeness (QED) is 0.177. The zero-order valence-electron chi connectivity index (χ0n) is 25.3. The third kappa shape index (κ3) is 9.52. The van der Waals surface area contributed by atoms with E-state index >= 15 is 0 Å². The first-order chi connectivity index (χ1) is 21.1. The second-order valence-electron chi connectivity index (χ2n) is 12.4. The maximum absolute atomic E-state index is 13.5. The van der Waals surface area contributed by atoms with Crippen molar-refractivity contribution in [1.82, 2.24) is 15.4 Å². The van der Waals surface area contributed by atoms with Crippen LogP contribution in [0.5, 0.6) is 0 Å². The van der Waals surface area contributed by atoms with Gasteiger partial charge in [0.15, 0.2) is 0 Å². The molecule has 1 saturated heterocycles. The van der Waals surface area contributed by atoms with Gasteiger partial charge in [-0.15, -0.1) is 0 Å². The van der Waals surface area contributed by atoms with Gasteiger partial charge in [-0.25, -0.2) is 4.79 Å². The van der Waals surface area contributed by atoms with Crippen molar-refractivity contribution >= 4 is 53.1 Å². The molecule has 2 aliphatic rings. The summed E-state index contributed by atoms with van der Waals surface area (Å²) in [5, 5.41) is 16.2. The van der Waals surface area contributed by atoms with Crippen LogP contribution < -0.4 is 15.4 Å². The third-order valence-electron chi connectivity index (χ3n) is 8.75. The van der Waals surface area contributed by atoms with Crippen LogP contribution in [0, 0.1) is 11.8 Å². The maximum atomic E-state index is 13.5. The molecule has 1 unspecified atom stereocenters. The van der Waals surface area contributed by atoms with Crippen molar-refractivity contribution in [3.8, 4) is 0 Å². The van der Waals surface area contributed by atoms with E-state index in [1.807, 2.05) is 44.2 Å². The number of aliphatic hydroxyl groups is 1. The fourth-order valence-electron chi connectivity index (χ4n) is 6.21. The van der Waals surface area contributed by atoms with Gasteiger partial charge in [-0.05, 0) is 72.5 Å². The number of hydrogen-bond donors (Lipinski definition) is 4. The first kappa shape index (κ1) is 34.4. The highest BCUT2D eigenvalue weighted by molar-refractivity contribution is 7.99. The van der Waals surface area contributed by atoms with Gasteiger partial charge in [0.2, 0.25) is 11.8 Å². The number of nitrogens with one attached hydrogen (secondary N) is 3. The lowest BCUT2D eigenvalue weighted by atomic mass is 9.76. The summed E-state index contributed by atoms with van der Waals surface area (Å²) in [5.74, 6) is -0.204. The second kappa shape index (κ2) is 16.2. The zero-order valence-corrected chi connectivity index (χ0v) is 27.6. The van der Waals surface area contributed by atoms with Gasteiger partial charge in [0.05, 0.1) is 12.6 Å². The third-order valence-corrected chi connectivity index (χ3v) is 10.2. The Kier molecular flexibility index (Phi) is 12.7. The summed E-state index contributed by atoms with van der Waals surface area (Å²) < 4.78 is 8.87. The van der Waals surface area contributed by atoms with Gasteiger partial charge in [-0.2, -0.15) is 0 Å². The Labute approximate surface area is 274 Å². The monoisotopic (exact) mass is 663 g/mol. The normalized spacial score (nSPS) is 19.5. The van der Waals surface area contributed by atoms with Crippen LogP contribution in [0.3, 0.4) is 0 Å². The summed E-state index contributed by atoms with van der Waals surface area (Å²) >= 11 is 13.7. The Bertz CT molecular complexity index is 1290. The SMILES string of the molecule is CC(C)(c1cccc(Cl)c1)C(OC(=O)NS[C@@H](CC1CCCCC1)C(=O)N[C@H](CO)C[C@@H]1CCNC1=O)c1cccc(Cl)c1. The van der Waals surface area contributed by atoms with E-state index in [1.165, 1.54) is 6.42 Å². The fourth-order valence-corrected chi connectivity index (χ4v) is 7.43. The molecule has 44 heavy (non-hydrogen) atoms. The molecule has 1 aliphatic heterocycles. The predicted molar refractivity (Wildman–Crippen MR) is 176 cm³/mol. The van der Waals surface area contributed by atoms with Gasteiger partial charge in [-0.3, -0.25) is 14.3 Å². The van der Waals surface area contributed by atoms with Crippen molar-refractivity contribution in [2.24, 2.45) is 11.8 Å². The minimum absolute atomic E-state index is 0.0507. The minimum atomic E-state index is -0.720. The Morgan fingerprint density at radius 3 is 2.39 bits per heavy atom. The molecule has 2 aromatic rings. The molecule has 4 atom stereocenters. The lowest BCUT2D eigenvalue weighted by molar-refractivity contribution is -0.125. The Morgan fingerprint density at radius 1 is 1.05 bits per heavy atom. The number of hydrogen-bond acceptors (Lipinski definition) is 6. The molecule has 0 bridgehead atoms. The number of rotatable bonds is 13. The Morgan fingerprint density at radius 2 is 1.75 bits per heavy atom. The van der Waals surface area contributed by atoms with Crippen LogP contribution in [0.1, 0.15) is 82.4 Å². The molecule has 1 heterocycles. The van der Waals surface area contributed by atoms with Gasteiger partial charge < -0.3 is 20.5 Å². The molecule has 4 rings (SSSR count). The maximum Gasteiger partial charge on any atom is 0.417 e. The standard InChI is InChI=1S/C33H43Cl2N3O5S/c1-33(2,24-11-7-13-26(35)19-24)29(22-10-6-12-25(34)17-22)43-32(42)38-44-28(16-21-8-4-3-5-9-21)31(41)37-27(20-39)18-23-14-15-36-30(23)40/h6-7,10-13,17,19,21,23,27-29,39H,3-5,8-9,14-16,18,20H2,1-2H3,(H,36,40)(H,37,41)(H,38,42)/t23-,27-,28-,29?/m0/s1. The molecular formula is C33H43Cl2N3O5S. The zero-order chi connectivity index (χ0) is 31.7. The Balaban J connectivity index is 1.47. The van der Waals surface area contributed by atoms with E-state index in [1.54, 1.807) is 18.2 Å². The minimum Gasteiger partial charge on any atom is -0.440 e. The highest BCUT2D eigenvalue weighted by Crippen LogP contribution is 2.41. The molecule has 1 aliphatic carbocycles. The van der Waals surface area contributed by atoms with Gasteiger partial charge in [0.25, 0.3) is 0 Å². The molecule has 2 aromatic carbocycles. The Hall–Kier alpha value is -2.46. The van der Waals surface area contributed by atoms with E-state index in [9.17, 15) is 19.5 Å². The molecule has 11 heteroatoms. The number of carbonyl (C=O) groups excluding carboxylic acids is 3. The van der Waals surface area contributed by atoms with Crippen molar-refractivity contribution in [2.45, 2.75) is 88.0 Å². The van der Waals surface area contributed by atoms with E-state index < -0.39 is 28.9 Å². The van der Waals surface area contributed by atoms with Crippen molar-refractivity contribution in [1.29, 1.82) is 0 Å². The molecular weight excluding hydrogens is 621 g/mol. The van der Waals surface area contributed by atoms with Crippen molar-refractivity contribution < 1.29 is 24.2 Å². The largest absolute Gasteiger partial charge is 0.440 e. The smallest absolute Gasteiger partial charge is 0.417 e. The van der Waals surface area contributed by atoms with Crippen LogP contribution in [0.15, 0.2) is 48.5 Å². The molecule has 240 valence electrons. The lowest BCUT2D eigenvalue weighted by Crippen LogP contribution is -2.45. The summed E-state index contributed by atoms with van der Waals surface area (Å²) in [5.41, 5.74) is 0.925. The summed E-state index contributed by atoms with van der Waals surface area (Å²) in [6, 6.07) is 14.1. The number of ether oxygens (including phenoxy) is 1. The molecule has 1 saturated carbocycles. The number of carbonyl (C=O) groups is 3. The molecule has 0 radical (unpaired) electrons. The van der Waals surface area contributed by atoms with E-state index in [-0.39, 0.29) is 24.3 Å². The number of amides is 3. The van der Waals surface area contributed by atoms with Crippen molar-refractivity contribution in [2.75, 3.05) is 13.2 Å². The summed E-state index contributed by atoms with van der Waals surface area (Å²) in [7, 11) is 0. The molecule has 4 N–H and O–H groups in total. The summed E-state index contributed by atoms with van der Waals surface area (Å²) in [4.78, 5) is 39.0. The van der Waals surface area contributed by atoms with E-state index in [4.69, 9.17) is 27.9 Å². The van der Waals surface area contributed by atoms with Crippen LogP contribution in [-0.2, 0) is 19.7 Å². The molecule has 8 nitrogen and oxygen atoms in total. The van der Waals surface area contributed by atoms with Crippen LogP contribution in [0.2, 0.25) is 10.0 Å². The van der Waals surface area contributed by atoms with Crippen LogP contribution in [-0.4, -0.2) is 47.5 Å². The van der Waals surface area contributed by atoms with E-state index in [0.29, 0.717) is 41.8 Å². The van der Waals surface area contributed by atoms with Crippen LogP contribution in [0.4, 0.5) is 4.79 Å². The number of halogens is 2. The number of aliphatic hydroxyl groups excluding tert-OH is 1.